The first kappa shape index (κ1) is 20.9. The number of hydrogen-bond acceptors (Lipinski definition) is 5. The maximum absolute atomic E-state index is 11.9. The molecule has 0 aliphatic rings. The van der Waals surface area contributed by atoms with E-state index in [1.807, 2.05) is 55.5 Å². The topological polar surface area (TPSA) is 82.6 Å². The lowest BCUT2D eigenvalue weighted by molar-refractivity contribution is -0.118. The highest BCUT2D eigenvalue weighted by Gasteiger charge is 2.04. The molecule has 2 aromatic rings. The zero-order valence-corrected chi connectivity index (χ0v) is 15.8. The average Bonchev–Trinajstić information content (AvgIpc) is 2.68. The van der Waals surface area contributed by atoms with Gasteiger partial charge in [0.05, 0.1) is 6.61 Å². The summed E-state index contributed by atoms with van der Waals surface area (Å²) in [5.74, 6) is 0.491. The zero-order valence-electron chi connectivity index (χ0n) is 15.8. The van der Waals surface area contributed by atoms with Crippen molar-refractivity contribution in [2.75, 3.05) is 38.2 Å². The van der Waals surface area contributed by atoms with E-state index in [-0.39, 0.29) is 19.1 Å². The molecule has 0 aromatic heterocycles. The van der Waals surface area contributed by atoms with Gasteiger partial charge in [-0.2, -0.15) is 0 Å². The fourth-order valence-corrected chi connectivity index (χ4v) is 2.46. The number of aryl methyl sites for hydroxylation is 1. The van der Waals surface area contributed by atoms with Crippen molar-refractivity contribution >= 4 is 11.6 Å². The third kappa shape index (κ3) is 8.68. The van der Waals surface area contributed by atoms with E-state index in [0.717, 1.165) is 42.9 Å². The predicted octanol–water partition coefficient (Wildman–Crippen LogP) is 2.07. The largest absolute Gasteiger partial charge is 0.484 e. The van der Waals surface area contributed by atoms with Gasteiger partial charge in [-0.05, 0) is 56.3 Å². The molecule has 0 atom stereocenters. The number of carbonyl (C=O) groups excluding carboxylic acids is 1. The standard InChI is InChI=1S/C21H29N3O3/c1-17-3-7-19(8-4-17)24-21(26)16-27-20-9-5-18(6-10-20)15-23-12-2-11-22-13-14-25/h3-10,22-23,25H,2,11-16H2,1H3,(H,24,26). The number of aliphatic hydroxyl groups is 1. The molecule has 0 saturated heterocycles. The second-order valence-corrected chi connectivity index (χ2v) is 6.35. The Hall–Kier alpha value is -2.41. The zero-order chi connectivity index (χ0) is 19.3. The minimum atomic E-state index is -0.181. The van der Waals surface area contributed by atoms with E-state index >= 15 is 0 Å². The Labute approximate surface area is 160 Å². The summed E-state index contributed by atoms with van der Waals surface area (Å²) < 4.78 is 5.54. The molecular weight excluding hydrogens is 342 g/mol. The average molecular weight is 371 g/mol. The van der Waals surface area contributed by atoms with Crippen LogP contribution in [0.15, 0.2) is 48.5 Å². The molecule has 0 bridgehead atoms. The normalized spacial score (nSPS) is 10.6. The Morgan fingerprint density at radius 2 is 1.67 bits per heavy atom. The van der Waals surface area contributed by atoms with E-state index in [9.17, 15) is 4.79 Å². The third-order valence-corrected chi connectivity index (χ3v) is 3.95. The quantitative estimate of drug-likeness (QED) is 0.430. The summed E-state index contributed by atoms with van der Waals surface area (Å²) in [6, 6.07) is 15.4. The van der Waals surface area contributed by atoms with E-state index in [0.29, 0.717) is 12.3 Å². The molecule has 0 fully saturated rings. The predicted molar refractivity (Wildman–Crippen MR) is 108 cm³/mol. The monoisotopic (exact) mass is 371 g/mol. The van der Waals surface area contributed by atoms with Crippen LogP contribution in [0.3, 0.4) is 0 Å². The van der Waals surface area contributed by atoms with Crippen LogP contribution in [0.1, 0.15) is 17.5 Å². The lowest BCUT2D eigenvalue weighted by atomic mass is 10.2. The van der Waals surface area contributed by atoms with Crippen molar-refractivity contribution in [3.05, 3.63) is 59.7 Å². The molecule has 0 aliphatic carbocycles. The molecule has 0 spiro atoms. The molecule has 2 rings (SSSR count). The Kier molecular flexibility index (Phi) is 9.34. The van der Waals surface area contributed by atoms with Crippen LogP contribution in [0, 0.1) is 6.92 Å². The first-order valence-electron chi connectivity index (χ1n) is 9.28. The number of carbonyl (C=O) groups is 1. The Balaban J connectivity index is 1.63. The molecule has 0 unspecified atom stereocenters. The molecule has 146 valence electrons. The fourth-order valence-electron chi connectivity index (χ4n) is 2.46. The van der Waals surface area contributed by atoms with Crippen molar-refractivity contribution in [3.8, 4) is 5.75 Å². The van der Waals surface area contributed by atoms with Gasteiger partial charge in [0.1, 0.15) is 5.75 Å². The van der Waals surface area contributed by atoms with Crippen molar-refractivity contribution in [3.63, 3.8) is 0 Å². The van der Waals surface area contributed by atoms with E-state index < -0.39 is 0 Å². The highest BCUT2D eigenvalue weighted by Crippen LogP contribution is 2.13. The van der Waals surface area contributed by atoms with Crippen LogP contribution in [0.25, 0.3) is 0 Å². The number of rotatable bonds is 12. The van der Waals surface area contributed by atoms with Crippen LogP contribution in [0.5, 0.6) is 5.75 Å². The Morgan fingerprint density at radius 1 is 0.963 bits per heavy atom. The molecule has 2 aromatic carbocycles. The molecule has 27 heavy (non-hydrogen) atoms. The molecule has 1 amide bonds. The molecule has 0 aliphatic heterocycles. The van der Waals surface area contributed by atoms with Crippen molar-refractivity contribution < 1.29 is 14.6 Å². The molecule has 0 saturated carbocycles. The van der Waals surface area contributed by atoms with Gasteiger partial charge < -0.3 is 25.8 Å². The Morgan fingerprint density at radius 3 is 2.37 bits per heavy atom. The van der Waals surface area contributed by atoms with Gasteiger partial charge in [-0.25, -0.2) is 0 Å². The molecule has 0 heterocycles. The van der Waals surface area contributed by atoms with Gasteiger partial charge in [-0.1, -0.05) is 29.8 Å². The van der Waals surface area contributed by atoms with Gasteiger partial charge in [0.2, 0.25) is 0 Å². The number of aliphatic hydroxyl groups excluding tert-OH is 1. The smallest absolute Gasteiger partial charge is 0.262 e. The summed E-state index contributed by atoms with van der Waals surface area (Å²) in [7, 11) is 0. The van der Waals surface area contributed by atoms with E-state index in [1.54, 1.807) is 0 Å². The van der Waals surface area contributed by atoms with Crippen LogP contribution >= 0.6 is 0 Å². The summed E-state index contributed by atoms with van der Waals surface area (Å²) in [4.78, 5) is 11.9. The lowest BCUT2D eigenvalue weighted by Gasteiger charge is -2.09. The van der Waals surface area contributed by atoms with Gasteiger partial charge in [-0.15, -0.1) is 0 Å². The minimum Gasteiger partial charge on any atom is -0.484 e. The summed E-state index contributed by atoms with van der Waals surface area (Å²) in [6.07, 6.45) is 1.01. The summed E-state index contributed by atoms with van der Waals surface area (Å²) in [5.41, 5.74) is 3.08. The molecule has 4 N–H and O–H groups in total. The van der Waals surface area contributed by atoms with Crippen molar-refractivity contribution in [2.45, 2.75) is 19.9 Å². The van der Waals surface area contributed by atoms with Gasteiger partial charge in [0.15, 0.2) is 6.61 Å². The van der Waals surface area contributed by atoms with Gasteiger partial charge in [-0.3, -0.25) is 4.79 Å². The number of nitrogens with one attached hydrogen (secondary N) is 3. The molecule has 0 radical (unpaired) electrons. The van der Waals surface area contributed by atoms with E-state index in [4.69, 9.17) is 9.84 Å². The number of ether oxygens (including phenoxy) is 1. The van der Waals surface area contributed by atoms with Crippen LogP contribution in [-0.2, 0) is 11.3 Å². The van der Waals surface area contributed by atoms with Gasteiger partial charge in [0, 0.05) is 18.8 Å². The van der Waals surface area contributed by atoms with E-state index in [1.165, 1.54) is 0 Å². The van der Waals surface area contributed by atoms with Crippen molar-refractivity contribution in [1.29, 1.82) is 0 Å². The summed E-state index contributed by atoms with van der Waals surface area (Å²) >= 11 is 0. The minimum absolute atomic E-state index is 0.0215. The second kappa shape index (κ2) is 12.1. The van der Waals surface area contributed by atoms with Crippen LogP contribution in [0.2, 0.25) is 0 Å². The first-order chi connectivity index (χ1) is 13.2. The number of hydrogen-bond donors (Lipinski definition) is 4. The second-order valence-electron chi connectivity index (χ2n) is 6.35. The highest BCUT2D eigenvalue weighted by molar-refractivity contribution is 5.91. The Bertz CT molecular complexity index is 672. The lowest BCUT2D eigenvalue weighted by Crippen LogP contribution is -2.23. The number of amides is 1. The molecule has 6 nitrogen and oxygen atoms in total. The van der Waals surface area contributed by atoms with Gasteiger partial charge >= 0.3 is 0 Å². The maximum Gasteiger partial charge on any atom is 0.262 e. The third-order valence-electron chi connectivity index (χ3n) is 3.95. The van der Waals surface area contributed by atoms with Crippen LogP contribution in [-0.4, -0.2) is 43.9 Å². The number of anilines is 1. The van der Waals surface area contributed by atoms with Crippen molar-refractivity contribution in [2.24, 2.45) is 0 Å². The molecule has 6 heteroatoms. The maximum atomic E-state index is 11.9. The highest BCUT2D eigenvalue weighted by atomic mass is 16.5. The fraction of sp³-hybridized carbons (Fsp3) is 0.381. The summed E-state index contributed by atoms with van der Waals surface area (Å²) in [5, 5.41) is 18.0. The van der Waals surface area contributed by atoms with E-state index in [2.05, 4.69) is 16.0 Å². The van der Waals surface area contributed by atoms with Gasteiger partial charge in [0.25, 0.3) is 5.91 Å². The van der Waals surface area contributed by atoms with Crippen LogP contribution < -0.4 is 20.7 Å². The van der Waals surface area contributed by atoms with Crippen molar-refractivity contribution in [1.82, 2.24) is 10.6 Å². The first-order valence-corrected chi connectivity index (χ1v) is 9.28. The molecular formula is C21H29N3O3. The number of benzene rings is 2. The summed E-state index contributed by atoms with van der Waals surface area (Å²) in [6.45, 7) is 5.39. The SMILES string of the molecule is Cc1ccc(NC(=O)COc2ccc(CNCCCNCCO)cc2)cc1. The van der Waals surface area contributed by atoms with Crippen LogP contribution in [0.4, 0.5) is 5.69 Å².